The summed E-state index contributed by atoms with van der Waals surface area (Å²) in [6, 6.07) is 0. The summed E-state index contributed by atoms with van der Waals surface area (Å²) in [7, 11) is 0. The maximum Gasteiger partial charge on any atom is 0.320 e. The molecule has 0 amide bonds. The van der Waals surface area contributed by atoms with E-state index < -0.39 is 17.5 Å². The van der Waals surface area contributed by atoms with Crippen molar-refractivity contribution in [3.8, 4) is 0 Å². The molecule has 8 nitrogen and oxygen atoms in total. The number of esters is 1. The molecule has 1 saturated heterocycles. The van der Waals surface area contributed by atoms with E-state index in [4.69, 9.17) is 15.3 Å². The molecule has 0 aliphatic carbocycles. The Hall–Kier alpha value is -0.770. The highest BCUT2D eigenvalue weighted by Crippen LogP contribution is 2.11. The highest BCUT2D eigenvalue weighted by molar-refractivity contribution is 5.72. The van der Waals surface area contributed by atoms with Gasteiger partial charge in [-0.15, -0.1) is 0 Å². The zero-order chi connectivity index (χ0) is 20.0. The second kappa shape index (κ2) is 9.96. The predicted octanol–water partition coefficient (Wildman–Crippen LogP) is 0.255. The molecule has 26 heavy (non-hydrogen) atoms. The van der Waals surface area contributed by atoms with Gasteiger partial charge in [0.2, 0.25) is 0 Å². The SMILES string of the molecule is CC(C)(C)OC(=O)CN1CCN(N)CCN(CC(O)OC(C)(C)C)CC1. The molecule has 0 aromatic heterocycles. The molecule has 0 aromatic rings. The van der Waals surface area contributed by atoms with Crippen LogP contribution in [0, 0.1) is 0 Å². The highest BCUT2D eigenvalue weighted by atomic mass is 16.6. The van der Waals surface area contributed by atoms with Crippen LogP contribution in [0.3, 0.4) is 0 Å². The highest BCUT2D eigenvalue weighted by Gasteiger charge is 2.23. The fourth-order valence-corrected chi connectivity index (χ4v) is 2.72. The summed E-state index contributed by atoms with van der Waals surface area (Å²) >= 11 is 0. The largest absolute Gasteiger partial charge is 0.459 e. The minimum Gasteiger partial charge on any atom is -0.459 e. The predicted molar refractivity (Wildman–Crippen MR) is 101 cm³/mol. The van der Waals surface area contributed by atoms with Crippen molar-refractivity contribution >= 4 is 5.97 Å². The van der Waals surface area contributed by atoms with E-state index in [-0.39, 0.29) is 12.5 Å². The number of carbonyl (C=O) groups is 1. The van der Waals surface area contributed by atoms with Gasteiger partial charge in [0.1, 0.15) is 5.60 Å². The lowest BCUT2D eigenvalue weighted by atomic mass is 10.2. The van der Waals surface area contributed by atoms with E-state index in [2.05, 4.69) is 4.90 Å². The number of aliphatic hydroxyl groups excluding tert-OH is 1. The molecular weight excluding hydrogens is 336 g/mol. The normalized spacial score (nSPS) is 20.9. The van der Waals surface area contributed by atoms with Crippen LogP contribution in [0.25, 0.3) is 0 Å². The Bertz CT molecular complexity index is 434. The van der Waals surface area contributed by atoms with Crippen LogP contribution in [-0.2, 0) is 14.3 Å². The smallest absolute Gasteiger partial charge is 0.320 e. The van der Waals surface area contributed by atoms with Crippen molar-refractivity contribution in [3.63, 3.8) is 0 Å². The van der Waals surface area contributed by atoms with E-state index in [0.29, 0.717) is 32.7 Å². The van der Waals surface area contributed by atoms with Gasteiger partial charge in [-0.25, -0.2) is 5.01 Å². The molecule has 0 spiro atoms. The van der Waals surface area contributed by atoms with E-state index in [1.807, 2.05) is 46.4 Å². The van der Waals surface area contributed by atoms with Crippen molar-refractivity contribution in [1.82, 2.24) is 14.8 Å². The third kappa shape index (κ3) is 11.1. The van der Waals surface area contributed by atoms with E-state index in [9.17, 15) is 9.90 Å². The van der Waals surface area contributed by atoms with Gasteiger partial charge in [-0.1, -0.05) is 0 Å². The summed E-state index contributed by atoms with van der Waals surface area (Å²) in [6.07, 6.45) is -0.860. The summed E-state index contributed by atoms with van der Waals surface area (Å²) in [4.78, 5) is 16.3. The molecule has 1 heterocycles. The zero-order valence-electron chi connectivity index (χ0n) is 17.3. The molecule has 1 unspecified atom stereocenters. The molecule has 1 aliphatic rings. The first-order valence-electron chi connectivity index (χ1n) is 9.36. The molecule has 8 heteroatoms. The molecular formula is C18H38N4O4. The molecule has 1 aliphatic heterocycles. The van der Waals surface area contributed by atoms with E-state index in [0.717, 1.165) is 13.1 Å². The molecule has 1 rings (SSSR count). The Morgan fingerprint density at radius 2 is 1.46 bits per heavy atom. The van der Waals surface area contributed by atoms with Crippen LogP contribution >= 0.6 is 0 Å². The number of β-amino-alcohol motifs (C(OH)–C–C–N with tert-alkyl or cyclic N) is 1. The van der Waals surface area contributed by atoms with Gasteiger partial charge in [0.15, 0.2) is 6.29 Å². The van der Waals surface area contributed by atoms with Crippen molar-refractivity contribution in [1.29, 1.82) is 0 Å². The van der Waals surface area contributed by atoms with Crippen molar-refractivity contribution in [2.24, 2.45) is 5.84 Å². The van der Waals surface area contributed by atoms with Crippen LogP contribution in [0.2, 0.25) is 0 Å². The number of nitrogens with two attached hydrogens (primary N) is 1. The number of ether oxygens (including phenoxy) is 2. The molecule has 0 saturated carbocycles. The Balaban J connectivity index is 2.60. The standard InChI is InChI=1S/C18H38N4O4/c1-17(2,3)25-15(23)13-20-7-8-21(10-12-22(19)11-9-20)14-16(24)26-18(4,5)6/h15,23H,7-14,19H2,1-6H3. The topological polar surface area (TPSA) is 91.5 Å². The number of aliphatic hydroxyl groups is 1. The summed E-state index contributed by atoms with van der Waals surface area (Å²) < 4.78 is 11.0. The fraction of sp³-hybridized carbons (Fsp3) is 0.944. The lowest BCUT2D eigenvalue weighted by molar-refractivity contribution is -0.174. The van der Waals surface area contributed by atoms with Gasteiger partial charge in [0.05, 0.1) is 12.1 Å². The molecule has 3 N–H and O–H groups in total. The summed E-state index contributed by atoms with van der Waals surface area (Å²) in [5.74, 6) is 5.80. The second-order valence-electron chi connectivity index (χ2n) is 8.88. The van der Waals surface area contributed by atoms with Gasteiger partial charge in [-0.2, -0.15) is 0 Å². The summed E-state index contributed by atoms with van der Waals surface area (Å²) in [6.45, 7) is 16.2. The van der Waals surface area contributed by atoms with E-state index >= 15 is 0 Å². The van der Waals surface area contributed by atoms with Crippen LogP contribution in [0.15, 0.2) is 0 Å². The Morgan fingerprint density at radius 3 is 2.00 bits per heavy atom. The summed E-state index contributed by atoms with van der Waals surface area (Å²) in [5.41, 5.74) is -0.890. The van der Waals surface area contributed by atoms with E-state index in [1.54, 1.807) is 5.01 Å². The molecule has 1 atom stereocenters. The number of hydrazine groups is 1. The average Bonchev–Trinajstić information content (AvgIpc) is 2.49. The van der Waals surface area contributed by atoms with Crippen molar-refractivity contribution in [3.05, 3.63) is 0 Å². The first kappa shape index (κ1) is 23.3. The fourth-order valence-electron chi connectivity index (χ4n) is 2.72. The Morgan fingerprint density at radius 1 is 0.962 bits per heavy atom. The maximum absolute atomic E-state index is 12.1. The quantitative estimate of drug-likeness (QED) is 0.402. The zero-order valence-corrected chi connectivity index (χ0v) is 17.3. The van der Waals surface area contributed by atoms with Gasteiger partial charge in [0.25, 0.3) is 0 Å². The number of rotatable bonds is 5. The molecule has 154 valence electrons. The van der Waals surface area contributed by atoms with Crippen LogP contribution in [0.4, 0.5) is 0 Å². The van der Waals surface area contributed by atoms with Gasteiger partial charge >= 0.3 is 5.97 Å². The van der Waals surface area contributed by atoms with Gasteiger partial charge < -0.3 is 14.6 Å². The second-order valence-corrected chi connectivity index (χ2v) is 8.88. The molecule has 0 bridgehead atoms. The van der Waals surface area contributed by atoms with Crippen LogP contribution in [0.1, 0.15) is 41.5 Å². The summed E-state index contributed by atoms with van der Waals surface area (Å²) in [5, 5.41) is 11.9. The van der Waals surface area contributed by atoms with Gasteiger partial charge in [-0.3, -0.25) is 20.4 Å². The Labute approximate surface area is 158 Å². The van der Waals surface area contributed by atoms with Gasteiger partial charge in [0, 0.05) is 45.8 Å². The first-order chi connectivity index (χ1) is 11.8. The van der Waals surface area contributed by atoms with Crippen LogP contribution in [-0.4, -0.2) is 95.7 Å². The lowest BCUT2D eigenvalue weighted by Gasteiger charge is -2.30. The number of nitrogens with zero attached hydrogens (tertiary/aromatic N) is 3. The molecule has 0 radical (unpaired) electrons. The number of hydrogen-bond donors (Lipinski definition) is 2. The average molecular weight is 375 g/mol. The Kier molecular flexibility index (Phi) is 8.92. The molecule has 0 aromatic carbocycles. The van der Waals surface area contributed by atoms with Crippen molar-refractivity contribution in [2.75, 3.05) is 52.4 Å². The van der Waals surface area contributed by atoms with Crippen LogP contribution in [0.5, 0.6) is 0 Å². The molecule has 1 fully saturated rings. The number of hydrogen-bond acceptors (Lipinski definition) is 8. The minimum absolute atomic E-state index is 0.233. The third-order valence-electron chi connectivity index (χ3n) is 3.82. The lowest BCUT2D eigenvalue weighted by Crippen LogP contribution is -2.44. The van der Waals surface area contributed by atoms with Crippen molar-refractivity contribution < 1.29 is 19.4 Å². The number of carbonyl (C=O) groups excluding carboxylic acids is 1. The first-order valence-corrected chi connectivity index (χ1v) is 9.36. The third-order valence-corrected chi connectivity index (χ3v) is 3.82. The van der Waals surface area contributed by atoms with Crippen LogP contribution < -0.4 is 5.84 Å². The van der Waals surface area contributed by atoms with E-state index in [1.165, 1.54) is 0 Å². The minimum atomic E-state index is -0.860. The monoisotopic (exact) mass is 374 g/mol. The van der Waals surface area contributed by atoms with Gasteiger partial charge in [-0.05, 0) is 41.5 Å². The van der Waals surface area contributed by atoms with Crippen molar-refractivity contribution in [2.45, 2.75) is 59.0 Å². The maximum atomic E-state index is 12.1.